The molecule has 166 valence electrons. The molecule has 2 amide bonds. The first kappa shape index (κ1) is 24.1. The molecular weight excluding hydrogens is 408 g/mol. The minimum atomic E-state index is -0.724. The second-order valence-corrected chi connectivity index (χ2v) is 8.55. The number of carbonyl (C=O) groups excluding carboxylic acids is 2. The number of non-ortho nitro benzene ring substituents is 1. The fourth-order valence-corrected chi connectivity index (χ4v) is 3.91. The van der Waals surface area contributed by atoms with Crippen molar-refractivity contribution in [1.82, 2.24) is 15.5 Å². The van der Waals surface area contributed by atoms with Gasteiger partial charge in [-0.25, -0.2) is 0 Å². The molecule has 2 atom stereocenters. The molecule has 8 nitrogen and oxygen atoms in total. The molecule has 0 radical (unpaired) electrons. The van der Waals surface area contributed by atoms with Crippen LogP contribution in [0.4, 0.5) is 5.69 Å². The largest absolute Gasteiger partial charge is 0.354 e. The molecule has 1 aliphatic heterocycles. The van der Waals surface area contributed by atoms with Gasteiger partial charge in [0.25, 0.3) is 11.6 Å². The van der Waals surface area contributed by atoms with E-state index in [0.29, 0.717) is 12.6 Å². The van der Waals surface area contributed by atoms with Gasteiger partial charge in [-0.3, -0.25) is 19.7 Å². The average Bonchev–Trinajstić information content (AvgIpc) is 2.69. The number of nitro benzene ring substituents is 1. The van der Waals surface area contributed by atoms with E-state index in [4.69, 9.17) is 11.6 Å². The molecule has 2 rings (SSSR count). The van der Waals surface area contributed by atoms with Gasteiger partial charge >= 0.3 is 0 Å². The summed E-state index contributed by atoms with van der Waals surface area (Å²) in [6, 6.07) is 3.50. The van der Waals surface area contributed by atoms with E-state index < -0.39 is 16.9 Å². The van der Waals surface area contributed by atoms with Gasteiger partial charge in [-0.05, 0) is 44.7 Å². The minimum absolute atomic E-state index is 0.0275. The summed E-state index contributed by atoms with van der Waals surface area (Å²) >= 11 is 6.03. The molecule has 0 aliphatic carbocycles. The van der Waals surface area contributed by atoms with Gasteiger partial charge in [-0.15, -0.1) is 0 Å². The summed E-state index contributed by atoms with van der Waals surface area (Å²) in [4.78, 5) is 37.9. The van der Waals surface area contributed by atoms with Crippen LogP contribution < -0.4 is 10.6 Å². The lowest BCUT2D eigenvalue weighted by Crippen LogP contribution is -2.50. The first-order chi connectivity index (χ1) is 14.2. The molecule has 30 heavy (non-hydrogen) atoms. The SMILES string of the molecule is CC(C)C(NC(=O)c1ccc([N+](=O)[O-])cc1Cl)C(=O)NCCCN1CCCCC1C. The number of rotatable bonds is 9. The number of benzene rings is 1. The first-order valence-electron chi connectivity index (χ1n) is 10.5. The number of piperidine rings is 1. The van der Waals surface area contributed by atoms with Crippen molar-refractivity contribution in [1.29, 1.82) is 0 Å². The molecule has 0 aromatic heterocycles. The Bertz CT molecular complexity index is 771. The van der Waals surface area contributed by atoms with Crippen LogP contribution in [0.5, 0.6) is 0 Å². The molecule has 2 unspecified atom stereocenters. The van der Waals surface area contributed by atoms with Gasteiger partial charge in [-0.1, -0.05) is 31.9 Å². The summed E-state index contributed by atoms with van der Waals surface area (Å²) in [5.74, 6) is -0.915. The number of hydrogen-bond acceptors (Lipinski definition) is 5. The van der Waals surface area contributed by atoms with E-state index in [-0.39, 0.29) is 28.1 Å². The van der Waals surface area contributed by atoms with Crippen LogP contribution in [0, 0.1) is 16.0 Å². The third-order valence-corrected chi connectivity index (χ3v) is 5.82. The number of nitrogens with one attached hydrogen (secondary N) is 2. The third-order valence-electron chi connectivity index (χ3n) is 5.51. The maximum atomic E-state index is 12.6. The van der Waals surface area contributed by atoms with Crippen LogP contribution in [0.3, 0.4) is 0 Å². The summed E-state index contributed by atoms with van der Waals surface area (Å²) in [6.45, 7) is 8.52. The summed E-state index contributed by atoms with van der Waals surface area (Å²) in [5, 5.41) is 16.4. The van der Waals surface area contributed by atoms with Crippen LogP contribution in [-0.2, 0) is 4.79 Å². The van der Waals surface area contributed by atoms with E-state index in [9.17, 15) is 19.7 Å². The monoisotopic (exact) mass is 438 g/mol. The highest BCUT2D eigenvalue weighted by Gasteiger charge is 2.26. The summed E-state index contributed by atoms with van der Waals surface area (Å²) in [6.07, 6.45) is 4.58. The van der Waals surface area contributed by atoms with Gasteiger partial charge in [0, 0.05) is 31.3 Å². The highest BCUT2D eigenvalue weighted by Crippen LogP contribution is 2.22. The number of nitro groups is 1. The second kappa shape index (κ2) is 11.3. The van der Waals surface area contributed by atoms with Gasteiger partial charge in [-0.2, -0.15) is 0 Å². The molecule has 9 heteroatoms. The Labute approximate surface area is 182 Å². The van der Waals surface area contributed by atoms with Crippen molar-refractivity contribution in [2.75, 3.05) is 19.6 Å². The number of likely N-dealkylation sites (tertiary alicyclic amines) is 1. The van der Waals surface area contributed by atoms with Crippen LogP contribution in [-0.4, -0.2) is 53.4 Å². The normalized spacial score (nSPS) is 18.1. The van der Waals surface area contributed by atoms with Gasteiger partial charge in [0.2, 0.25) is 5.91 Å². The zero-order valence-electron chi connectivity index (χ0n) is 17.8. The molecule has 1 fully saturated rings. The molecule has 1 saturated heterocycles. The van der Waals surface area contributed by atoms with Crippen molar-refractivity contribution in [3.8, 4) is 0 Å². The van der Waals surface area contributed by atoms with Crippen molar-refractivity contribution in [2.45, 2.75) is 58.5 Å². The van der Waals surface area contributed by atoms with Crippen molar-refractivity contribution in [3.05, 3.63) is 38.9 Å². The van der Waals surface area contributed by atoms with Crippen LogP contribution in [0.15, 0.2) is 18.2 Å². The lowest BCUT2D eigenvalue weighted by atomic mass is 10.0. The van der Waals surface area contributed by atoms with Gasteiger partial charge in [0.1, 0.15) is 6.04 Å². The molecule has 0 saturated carbocycles. The summed E-state index contributed by atoms with van der Waals surface area (Å²) < 4.78 is 0. The lowest BCUT2D eigenvalue weighted by molar-refractivity contribution is -0.384. The molecule has 0 spiro atoms. The zero-order chi connectivity index (χ0) is 22.3. The molecular formula is C21H31ClN4O4. The fourth-order valence-electron chi connectivity index (χ4n) is 3.65. The summed E-state index contributed by atoms with van der Waals surface area (Å²) in [5.41, 5.74) is -0.0995. The Morgan fingerprint density at radius 3 is 2.67 bits per heavy atom. The van der Waals surface area contributed by atoms with Crippen molar-refractivity contribution in [2.24, 2.45) is 5.92 Å². The number of halogens is 1. The van der Waals surface area contributed by atoms with E-state index in [1.807, 2.05) is 13.8 Å². The smallest absolute Gasteiger partial charge is 0.270 e. The molecule has 0 bridgehead atoms. The summed E-state index contributed by atoms with van der Waals surface area (Å²) in [7, 11) is 0. The van der Waals surface area contributed by atoms with E-state index in [0.717, 1.165) is 25.6 Å². The molecule has 1 aromatic carbocycles. The number of amides is 2. The van der Waals surface area contributed by atoms with Gasteiger partial charge in [0.05, 0.1) is 15.5 Å². The molecule has 1 heterocycles. The Kier molecular flexibility index (Phi) is 9.05. The molecule has 1 aromatic rings. The Morgan fingerprint density at radius 1 is 1.33 bits per heavy atom. The zero-order valence-corrected chi connectivity index (χ0v) is 18.6. The minimum Gasteiger partial charge on any atom is -0.354 e. The average molecular weight is 439 g/mol. The van der Waals surface area contributed by atoms with Crippen LogP contribution in [0.25, 0.3) is 0 Å². The van der Waals surface area contributed by atoms with E-state index in [1.165, 1.54) is 31.4 Å². The Morgan fingerprint density at radius 2 is 2.07 bits per heavy atom. The lowest BCUT2D eigenvalue weighted by Gasteiger charge is -2.33. The Balaban J connectivity index is 1.89. The van der Waals surface area contributed by atoms with Crippen LogP contribution in [0.2, 0.25) is 5.02 Å². The fraction of sp³-hybridized carbons (Fsp3) is 0.619. The maximum absolute atomic E-state index is 12.6. The topological polar surface area (TPSA) is 105 Å². The van der Waals surface area contributed by atoms with Crippen molar-refractivity contribution in [3.63, 3.8) is 0 Å². The number of nitrogens with zero attached hydrogens (tertiary/aromatic N) is 2. The van der Waals surface area contributed by atoms with Crippen molar-refractivity contribution < 1.29 is 14.5 Å². The molecule has 1 aliphatic rings. The quantitative estimate of drug-likeness (QED) is 0.349. The van der Waals surface area contributed by atoms with E-state index >= 15 is 0 Å². The maximum Gasteiger partial charge on any atom is 0.270 e. The number of hydrogen-bond donors (Lipinski definition) is 2. The van der Waals surface area contributed by atoms with Crippen LogP contribution >= 0.6 is 11.6 Å². The van der Waals surface area contributed by atoms with Crippen molar-refractivity contribution >= 4 is 29.1 Å². The Hall–Kier alpha value is -2.19. The highest BCUT2D eigenvalue weighted by atomic mass is 35.5. The van der Waals surface area contributed by atoms with Gasteiger partial charge < -0.3 is 15.5 Å². The van der Waals surface area contributed by atoms with E-state index in [1.54, 1.807) is 0 Å². The van der Waals surface area contributed by atoms with Gasteiger partial charge in [0.15, 0.2) is 0 Å². The predicted octanol–water partition coefficient (Wildman–Crippen LogP) is 3.38. The highest BCUT2D eigenvalue weighted by molar-refractivity contribution is 6.34. The van der Waals surface area contributed by atoms with Crippen LogP contribution in [0.1, 0.15) is 56.8 Å². The second-order valence-electron chi connectivity index (χ2n) is 8.14. The molecule has 2 N–H and O–H groups in total. The number of carbonyl (C=O) groups is 2. The first-order valence-corrected chi connectivity index (χ1v) is 10.8. The standard InChI is InChI=1S/C21H31ClN4O4/c1-14(2)19(21(28)23-10-6-12-25-11-5-4-7-15(25)3)24-20(27)17-9-8-16(26(29)30)13-18(17)22/h8-9,13-15,19H,4-7,10-12H2,1-3H3,(H,23,28)(H,24,27). The van der Waals surface area contributed by atoms with E-state index in [2.05, 4.69) is 22.5 Å². The predicted molar refractivity (Wildman–Crippen MR) is 117 cm³/mol. The third kappa shape index (κ3) is 6.67.